The molecular weight excluding hydrogens is 302 g/mol. The van der Waals surface area contributed by atoms with E-state index in [0.29, 0.717) is 5.82 Å². The van der Waals surface area contributed by atoms with E-state index in [4.69, 9.17) is 5.73 Å². The third kappa shape index (κ3) is 3.36. The second-order valence-electron chi connectivity index (χ2n) is 5.31. The van der Waals surface area contributed by atoms with Crippen LogP contribution in [0, 0.1) is 6.92 Å². The first-order valence-corrected chi connectivity index (χ1v) is 9.00. The Balaban J connectivity index is 1.65. The van der Waals surface area contributed by atoms with Crippen molar-refractivity contribution in [1.29, 1.82) is 0 Å². The summed E-state index contributed by atoms with van der Waals surface area (Å²) in [7, 11) is 0. The van der Waals surface area contributed by atoms with Crippen LogP contribution in [0.2, 0.25) is 0 Å². The number of hydrogen-bond acceptors (Lipinski definition) is 7. The lowest BCUT2D eigenvalue weighted by atomic mass is 10.2. The summed E-state index contributed by atoms with van der Waals surface area (Å²) in [6.07, 6.45) is 2.70. The number of rotatable bonds is 7. The van der Waals surface area contributed by atoms with Gasteiger partial charge in [0, 0.05) is 24.5 Å². The molecule has 114 valence electrons. The van der Waals surface area contributed by atoms with E-state index < -0.39 is 0 Å². The smallest absolute Gasteiger partial charge is 0.148 e. The molecule has 1 aliphatic carbocycles. The Bertz CT molecular complexity index is 602. The number of aryl methyl sites for hydroxylation is 1. The van der Waals surface area contributed by atoms with E-state index in [9.17, 15) is 0 Å². The SMILES string of the molecule is CCN(CCNc1snc(N)c1-c1csc(C)n1)C1CC1. The minimum Gasteiger partial charge on any atom is -0.382 e. The maximum Gasteiger partial charge on any atom is 0.148 e. The fraction of sp³-hybridized carbons (Fsp3) is 0.571. The van der Waals surface area contributed by atoms with Crippen LogP contribution in [0.4, 0.5) is 10.8 Å². The van der Waals surface area contributed by atoms with Gasteiger partial charge in [-0.2, -0.15) is 4.37 Å². The van der Waals surface area contributed by atoms with Crippen molar-refractivity contribution in [3.05, 3.63) is 10.4 Å². The normalized spacial score (nSPS) is 14.8. The van der Waals surface area contributed by atoms with Gasteiger partial charge in [0.2, 0.25) is 0 Å². The molecule has 0 aromatic carbocycles. The molecule has 0 aliphatic heterocycles. The molecule has 21 heavy (non-hydrogen) atoms. The summed E-state index contributed by atoms with van der Waals surface area (Å²) in [5, 5.41) is 7.61. The van der Waals surface area contributed by atoms with Gasteiger partial charge in [-0.05, 0) is 37.8 Å². The van der Waals surface area contributed by atoms with E-state index >= 15 is 0 Å². The standard InChI is InChI=1S/C14H21N5S2/c1-3-19(10-4-5-10)7-6-16-14-12(13(15)18-21-14)11-8-20-9(2)17-11/h8,10,16H,3-7H2,1-2H3,(H2,15,18). The van der Waals surface area contributed by atoms with Crippen LogP contribution in [0.1, 0.15) is 24.8 Å². The Morgan fingerprint density at radius 1 is 1.48 bits per heavy atom. The van der Waals surface area contributed by atoms with Gasteiger partial charge in [0.15, 0.2) is 0 Å². The first kappa shape index (κ1) is 14.7. The molecule has 0 unspecified atom stereocenters. The van der Waals surface area contributed by atoms with E-state index in [2.05, 4.69) is 26.5 Å². The summed E-state index contributed by atoms with van der Waals surface area (Å²) in [6, 6.07) is 0.809. The van der Waals surface area contributed by atoms with Gasteiger partial charge in [0.05, 0.1) is 16.3 Å². The van der Waals surface area contributed by atoms with E-state index in [1.165, 1.54) is 24.4 Å². The van der Waals surface area contributed by atoms with Gasteiger partial charge in [-0.3, -0.25) is 4.90 Å². The fourth-order valence-corrected chi connectivity index (χ4v) is 3.85. The van der Waals surface area contributed by atoms with Crippen LogP contribution in [0.3, 0.4) is 0 Å². The number of nitrogen functional groups attached to an aromatic ring is 1. The molecule has 3 rings (SSSR count). The van der Waals surface area contributed by atoms with Gasteiger partial charge in [0.1, 0.15) is 10.8 Å². The lowest BCUT2D eigenvalue weighted by Gasteiger charge is -2.19. The molecule has 2 aromatic rings. The molecule has 7 heteroatoms. The van der Waals surface area contributed by atoms with Crippen molar-refractivity contribution in [2.45, 2.75) is 32.7 Å². The highest BCUT2D eigenvalue weighted by Crippen LogP contribution is 2.37. The molecular formula is C14H21N5S2. The van der Waals surface area contributed by atoms with Crippen LogP contribution in [-0.4, -0.2) is 39.9 Å². The summed E-state index contributed by atoms with van der Waals surface area (Å²) >= 11 is 3.06. The Labute approximate surface area is 133 Å². The predicted molar refractivity (Wildman–Crippen MR) is 91.1 cm³/mol. The predicted octanol–water partition coefficient (Wildman–Crippen LogP) is 3.05. The fourth-order valence-electron chi connectivity index (χ4n) is 2.50. The highest BCUT2D eigenvalue weighted by Gasteiger charge is 2.27. The zero-order valence-electron chi connectivity index (χ0n) is 12.4. The third-order valence-corrected chi connectivity index (χ3v) is 5.34. The van der Waals surface area contributed by atoms with Crippen molar-refractivity contribution in [3.63, 3.8) is 0 Å². The minimum absolute atomic E-state index is 0.572. The van der Waals surface area contributed by atoms with Crippen LogP contribution in [-0.2, 0) is 0 Å². The third-order valence-electron chi connectivity index (χ3n) is 3.75. The highest BCUT2D eigenvalue weighted by atomic mass is 32.1. The van der Waals surface area contributed by atoms with Gasteiger partial charge in [-0.25, -0.2) is 4.98 Å². The molecule has 0 radical (unpaired) electrons. The topological polar surface area (TPSA) is 67.1 Å². The van der Waals surface area contributed by atoms with E-state index in [0.717, 1.165) is 46.9 Å². The van der Waals surface area contributed by atoms with Gasteiger partial charge in [0.25, 0.3) is 0 Å². The van der Waals surface area contributed by atoms with Gasteiger partial charge in [-0.1, -0.05) is 6.92 Å². The molecule has 0 amide bonds. The number of nitrogens with one attached hydrogen (secondary N) is 1. The summed E-state index contributed by atoms with van der Waals surface area (Å²) in [5.74, 6) is 0.572. The van der Waals surface area contributed by atoms with Crippen molar-refractivity contribution in [2.75, 3.05) is 30.7 Å². The second-order valence-corrected chi connectivity index (χ2v) is 7.15. The molecule has 1 fully saturated rings. The van der Waals surface area contributed by atoms with E-state index in [1.54, 1.807) is 11.3 Å². The molecule has 3 N–H and O–H groups in total. The minimum atomic E-state index is 0.572. The van der Waals surface area contributed by atoms with Gasteiger partial charge >= 0.3 is 0 Å². The van der Waals surface area contributed by atoms with Crippen LogP contribution >= 0.6 is 22.9 Å². The van der Waals surface area contributed by atoms with Crippen LogP contribution < -0.4 is 11.1 Å². The number of likely N-dealkylation sites (N-methyl/N-ethyl adjacent to an activating group) is 1. The van der Waals surface area contributed by atoms with Crippen molar-refractivity contribution in [1.82, 2.24) is 14.3 Å². The molecule has 2 aromatic heterocycles. The molecule has 0 bridgehead atoms. The zero-order chi connectivity index (χ0) is 14.8. The summed E-state index contributed by atoms with van der Waals surface area (Å²) in [6.45, 7) is 7.34. The number of anilines is 2. The van der Waals surface area contributed by atoms with Gasteiger partial charge in [-0.15, -0.1) is 11.3 Å². The summed E-state index contributed by atoms with van der Waals surface area (Å²) < 4.78 is 4.28. The molecule has 0 atom stereocenters. The van der Waals surface area contributed by atoms with Gasteiger partial charge < -0.3 is 11.1 Å². The average Bonchev–Trinajstić information content (AvgIpc) is 3.12. The zero-order valence-corrected chi connectivity index (χ0v) is 14.1. The number of nitrogens with two attached hydrogens (primary N) is 1. The van der Waals surface area contributed by atoms with Crippen molar-refractivity contribution < 1.29 is 0 Å². The first-order valence-electron chi connectivity index (χ1n) is 7.34. The molecule has 2 heterocycles. The lowest BCUT2D eigenvalue weighted by Crippen LogP contribution is -2.30. The van der Waals surface area contributed by atoms with Crippen molar-refractivity contribution in [3.8, 4) is 11.3 Å². The number of nitrogens with zero attached hydrogens (tertiary/aromatic N) is 3. The maximum atomic E-state index is 6.01. The van der Waals surface area contributed by atoms with Crippen LogP contribution in [0.5, 0.6) is 0 Å². The van der Waals surface area contributed by atoms with Crippen molar-refractivity contribution >= 4 is 33.7 Å². The molecule has 5 nitrogen and oxygen atoms in total. The molecule has 1 saturated carbocycles. The largest absolute Gasteiger partial charge is 0.382 e. The van der Waals surface area contributed by atoms with E-state index in [1.807, 2.05) is 12.3 Å². The number of thiazole rings is 1. The Morgan fingerprint density at radius 3 is 2.90 bits per heavy atom. The summed E-state index contributed by atoms with van der Waals surface area (Å²) in [5.41, 5.74) is 7.90. The van der Waals surface area contributed by atoms with Crippen molar-refractivity contribution in [2.24, 2.45) is 0 Å². The molecule has 0 saturated heterocycles. The molecule has 0 spiro atoms. The average molecular weight is 323 g/mol. The highest BCUT2D eigenvalue weighted by molar-refractivity contribution is 7.11. The number of aromatic nitrogens is 2. The second kappa shape index (κ2) is 6.29. The van der Waals surface area contributed by atoms with Crippen LogP contribution in [0.25, 0.3) is 11.3 Å². The summed E-state index contributed by atoms with van der Waals surface area (Å²) in [4.78, 5) is 7.06. The Hall–Kier alpha value is -1.18. The monoisotopic (exact) mass is 323 g/mol. The lowest BCUT2D eigenvalue weighted by molar-refractivity contribution is 0.289. The maximum absolute atomic E-state index is 6.01. The van der Waals surface area contributed by atoms with Crippen LogP contribution in [0.15, 0.2) is 5.38 Å². The quantitative estimate of drug-likeness (QED) is 0.820. The Morgan fingerprint density at radius 2 is 2.29 bits per heavy atom. The Kier molecular flexibility index (Phi) is 4.42. The van der Waals surface area contributed by atoms with E-state index in [-0.39, 0.29) is 0 Å². The molecule has 1 aliphatic rings. The first-order chi connectivity index (χ1) is 10.2. The number of hydrogen-bond donors (Lipinski definition) is 2.